The third-order valence-electron chi connectivity index (χ3n) is 4.53. The van der Waals surface area contributed by atoms with Crippen LogP contribution in [0.15, 0.2) is 42.6 Å². The van der Waals surface area contributed by atoms with Crippen molar-refractivity contribution in [2.75, 3.05) is 6.61 Å². The van der Waals surface area contributed by atoms with Gasteiger partial charge in [0.1, 0.15) is 5.75 Å². The van der Waals surface area contributed by atoms with Crippen molar-refractivity contribution in [2.45, 2.75) is 71.6 Å². The second kappa shape index (κ2) is 11.7. The molecule has 1 aromatic carbocycles. The topological polar surface area (TPSA) is 22.1 Å². The van der Waals surface area contributed by atoms with E-state index in [-0.39, 0.29) is 0 Å². The summed E-state index contributed by atoms with van der Waals surface area (Å²) in [6.07, 6.45) is 12.7. The van der Waals surface area contributed by atoms with E-state index in [1.54, 1.807) is 0 Å². The number of hydrogen-bond acceptors (Lipinski definition) is 2. The Hall–Kier alpha value is -1.83. The first-order valence-corrected chi connectivity index (χ1v) is 9.97. The van der Waals surface area contributed by atoms with Crippen LogP contribution in [-0.2, 0) is 19.3 Å². The maximum Gasteiger partial charge on any atom is 0.119 e. The Bertz CT molecular complexity index is 574. The van der Waals surface area contributed by atoms with E-state index in [9.17, 15) is 0 Å². The van der Waals surface area contributed by atoms with Gasteiger partial charge in [-0.1, -0.05) is 64.2 Å². The van der Waals surface area contributed by atoms with E-state index in [1.807, 2.05) is 6.20 Å². The quantitative estimate of drug-likeness (QED) is 0.431. The van der Waals surface area contributed by atoms with Crippen LogP contribution < -0.4 is 4.74 Å². The molecule has 0 aliphatic heterocycles. The zero-order valence-electron chi connectivity index (χ0n) is 16.0. The van der Waals surface area contributed by atoms with E-state index in [0.29, 0.717) is 0 Å². The van der Waals surface area contributed by atoms with Crippen LogP contribution in [0.1, 0.15) is 69.2 Å². The van der Waals surface area contributed by atoms with Crippen LogP contribution in [0, 0.1) is 0 Å². The van der Waals surface area contributed by atoms with Crippen molar-refractivity contribution >= 4 is 0 Å². The second-order valence-corrected chi connectivity index (χ2v) is 6.81. The van der Waals surface area contributed by atoms with Crippen LogP contribution in [0.5, 0.6) is 5.75 Å². The first kappa shape index (κ1) is 19.5. The lowest BCUT2D eigenvalue weighted by atomic mass is 10.1. The van der Waals surface area contributed by atoms with Gasteiger partial charge >= 0.3 is 0 Å². The summed E-state index contributed by atoms with van der Waals surface area (Å²) in [6.45, 7) is 5.27. The molecule has 0 aliphatic carbocycles. The van der Waals surface area contributed by atoms with Gasteiger partial charge in [-0.3, -0.25) is 4.98 Å². The minimum absolute atomic E-state index is 0.832. The summed E-state index contributed by atoms with van der Waals surface area (Å²) in [5.41, 5.74) is 3.86. The van der Waals surface area contributed by atoms with Gasteiger partial charge in [0.15, 0.2) is 0 Å². The molecule has 0 radical (unpaired) electrons. The Kier molecular flexibility index (Phi) is 9.11. The highest BCUT2D eigenvalue weighted by atomic mass is 16.5. The molecule has 0 saturated heterocycles. The number of aromatic nitrogens is 1. The van der Waals surface area contributed by atoms with Crippen molar-refractivity contribution in [3.8, 4) is 5.75 Å². The average Bonchev–Trinajstić information content (AvgIpc) is 2.65. The fourth-order valence-electron chi connectivity index (χ4n) is 2.94. The number of benzene rings is 1. The van der Waals surface area contributed by atoms with Crippen molar-refractivity contribution in [1.82, 2.24) is 4.98 Å². The molecule has 0 saturated carbocycles. The lowest BCUT2D eigenvalue weighted by molar-refractivity contribution is 0.304. The number of ether oxygens (including phenoxy) is 1. The third kappa shape index (κ3) is 7.72. The van der Waals surface area contributed by atoms with E-state index in [4.69, 9.17) is 4.74 Å². The Balaban J connectivity index is 1.69. The molecule has 2 heteroatoms. The summed E-state index contributed by atoms with van der Waals surface area (Å²) in [5, 5.41) is 0. The third-order valence-corrected chi connectivity index (χ3v) is 4.53. The van der Waals surface area contributed by atoms with Gasteiger partial charge in [-0.25, -0.2) is 0 Å². The van der Waals surface area contributed by atoms with Crippen LogP contribution >= 0.6 is 0 Å². The molecule has 2 nitrogen and oxygen atoms in total. The van der Waals surface area contributed by atoms with Gasteiger partial charge in [0.25, 0.3) is 0 Å². The van der Waals surface area contributed by atoms with Crippen molar-refractivity contribution in [3.63, 3.8) is 0 Å². The molecule has 0 bridgehead atoms. The molecule has 0 fully saturated rings. The highest BCUT2D eigenvalue weighted by molar-refractivity contribution is 5.28. The molecule has 0 aliphatic rings. The van der Waals surface area contributed by atoms with Crippen LogP contribution in [0.2, 0.25) is 0 Å². The predicted octanol–water partition coefficient (Wildman–Crippen LogP) is 6.17. The van der Waals surface area contributed by atoms with E-state index in [0.717, 1.165) is 44.5 Å². The second-order valence-electron chi connectivity index (χ2n) is 6.81. The summed E-state index contributed by atoms with van der Waals surface area (Å²) in [4.78, 5) is 4.54. The Morgan fingerprint density at radius 3 is 2.12 bits per heavy atom. The number of rotatable bonds is 12. The van der Waals surface area contributed by atoms with Crippen LogP contribution in [-0.4, -0.2) is 11.6 Å². The molecular weight excluding hydrogens is 306 g/mol. The fraction of sp³-hybridized carbons (Fsp3) is 0.522. The SMILES string of the molecule is CCCCCCCOc1ccc(CCc2ccc(CCC)nc2)cc1. The van der Waals surface area contributed by atoms with Gasteiger partial charge in [-0.05, 0) is 55.0 Å². The number of pyridine rings is 1. The van der Waals surface area contributed by atoms with E-state index in [1.165, 1.54) is 42.5 Å². The first-order chi connectivity index (χ1) is 12.3. The normalized spacial score (nSPS) is 10.8. The molecule has 0 spiro atoms. The first-order valence-electron chi connectivity index (χ1n) is 9.97. The summed E-state index contributed by atoms with van der Waals surface area (Å²) < 4.78 is 5.83. The number of unbranched alkanes of at least 4 members (excludes halogenated alkanes) is 4. The minimum Gasteiger partial charge on any atom is -0.494 e. The molecule has 0 atom stereocenters. The largest absolute Gasteiger partial charge is 0.494 e. The number of nitrogens with zero attached hydrogens (tertiary/aromatic N) is 1. The number of aryl methyl sites for hydroxylation is 3. The van der Waals surface area contributed by atoms with Crippen molar-refractivity contribution in [3.05, 3.63) is 59.4 Å². The van der Waals surface area contributed by atoms with Crippen molar-refractivity contribution < 1.29 is 4.74 Å². The van der Waals surface area contributed by atoms with Crippen LogP contribution in [0.3, 0.4) is 0 Å². The summed E-state index contributed by atoms with van der Waals surface area (Å²) >= 11 is 0. The molecular formula is C23H33NO. The molecule has 2 aromatic rings. The van der Waals surface area contributed by atoms with Gasteiger partial charge in [-0.2, -0.15) is 0 Å². The molecule has 136 valence electrons. The standard InChI is InChI=1S/C23H33NO/c1-3-5-6-7-8-18-25-23-16-13-20(14-17-23)10-11-21-12-15-22(9-4-2)24-19-21/h12-17,19H,3-11,18H2,1-2H3. The van der Waals surface area contributed by atoms with Crippen molar-refractivity contribution in [1.29, 1.82) is 0 Å². The summed E-state index contributed by atoms with van der Waals surface area (Å²) in [6, 6.07) is 13.0. The highest BCUT2D eigenvalue weighted by Crippen LogP contribution is 2.15. The molecule has 25 heavy (non-hydrogen) atoms. The Morgan fingerprint density at radius 2 is 1.44 bits per heavy atom. The molecule has 2 rings (SSSR count). The molecule has 1 heterocycles. The summed E-state index contributed by atoms with van der Waals surface area (Å²) in [7, 11) is 0. The van der Waals surface area contributed by atoms with E-state index >= 15 is 0 Å². The van der Waals surface area contributed by atoms with Gasteiger partial charge < -0.3 is 4.74 Å². The minimum atomic E-state index is 0.832. The van der Waals surface area contributed by atoms with Crippen LogP contribution in [0.4, 0.5) is 0 Å². The molecule has 0 unspecified atom stereocenters. The lowest BCUT2D eigenvalue weighted by Crippen LogP contribution is -1.98. The maximum absolute atomic E-state index is 5.83. The summed E-state index contributed by atoms with van der Waals surface area (Å²) in [5.74, 6) is 0.991. The monoisotopic (exact) mass is 339 g/mol. The van der Waals surface area contributed by atoms with Crippen molar-refractivity contribution in [2.24, 2.45) is 0 Å². The molecule has 1 aromatic heterocycles. The molecule has 0 N–H and O–H groups in total. The van der Waals surface area contributed by atoms with Gasteiger partial charge in [0.05, 0.1) is 6.61 Å². The maximum atomic E-state index is 5.83. The Labute approximate surface area is 153 Å². The lowest BCUT2D eigenvalue weighted by Gasteiger charge is -2.08. The molecule has 0 amide bonds. The fourth-order valence-corrected chi connectivity index (χ4v) is 2.94. The highest BCUT2D eigenvalue weighted by Gasteiger charge is 2.00. The van der Waals surface area contributed by atoms with Gasteiger partial charge in [0, 0.05) is 11.9 Å². The zero-order chi connectivity index (χ0) is 17.7. The van der Waals surface area contributed by atoms with Gasteiger partial charge in [0.2, 0.25) is 0 Å². The number of hydrogen-bond donors (Lipinski definition) is 0. The van der Waals surface area contributed by atoms with Crippen LogP contribution in [0.25, 0.3) is 0 Å². The van der Waals surface area contributed by atoms with E-state index < -0.39 is 0 Å². The van der Waals surface area contributed by atoms with E-state index in [2.05, 4.69) is 55.2 Å². The van der Waals surface area contributed by atoms with Gasteiger partial charge in [-0.15, -0.1) is 0 Å². The Morgan fingerprint density at radius 1 is 0.720 bits per heavy atom. The predicted molar refractivity (Wildman–Crippen MR) is 106 cm³/mol. The average molecular weight is 340 g/mol. The smallest absolute Gasteiger partial charge is 0.119 e. The zero-order valence-corrected chi connectivity index (χ0v) is 16.0.